The van der Waals surface area contributed by atoms with Crippen molar-refractivity contribution in [3.05, 3.63) is 57.9 Å². The van der Waals surface area contributed by atoms with E-state index in [1.165, 1.54) is 37.4 Å². The molecule has 3 rings (SSSR count). The van der Waals surface area contributed by atoms with E-state index in [4.69, 9.17) is 4.74 Å². The second kappa shape index (κ2) is 6.32. The van der Waals surface area contributed by atoms with Crippen LogP contribution in [-0.4, -0.2) is 27.0 Å². The Morgan fingerprint density at radius 1 is 1.24 bits per heavy atom. The molecule has 0 saturated heterocycles. The van der Waals surface area contributed by atoms with Gasteiger partial charge in [0.15, 0.2) is 5.75 Å². The van der Waals surface area contributed by atoms with Crippen LogP contribution in [0.25, 0.3) is 0 Å². The quantitative estimate of drug-likeness (QED) is 0.613. The molecule has 0 unspecified atom stereocenters. The lowest BCUT2D eigenvalue weighted by Crippen LogP contribution is -2.35. The number of sulfonamides is 1. The largest absolute Gasteiger partial charge is 0.490 e. The minimum Gasteiger partial charge on any atom is -0.490 e. The summed E-state index contributed by atoms with van der Waals surface area (Å²) in [6.45, 7) is 0.223. The van der Waals surface area contributed by atoms with E-state index in [2.05, 4.69) is 0 Å². The summed E-state index contributed by atoms with van der Waals surface area (Å²) in [5.74, 6) is -0.455. The number of rotatable bonds is 4. The van der Waals surface area contributed by atoms with Gasteiger partial charge in [-0.1, -0.05) is 0 Å². The van der Waals surface area contributed by atoms with E-state index >= 15 is 0 Å². The smallest absolute Gasteiger partial charge is 0.312 e. The highest BCUT2D eigenvalue weighted by molar-refractivity contribution is 7.92. The average Bonchev–Trinajstić information content (AvgIpc) is 2.60. The molecule has 0 spiro atoms. The van der Waals surface area contributed by atoms with Gasteiger partial charge < -0.3 is 4.74 Å². The van der Waals surface area contributed by atoms with Crippen molar-refractivity contribution in [1.29, 1.82) is 0 Å². The zero-order chi connectivity index (χ0) is 18.2. The number of methoxy groups -OCH3 is 1. The standard InChI is InChI=1S/C16H15FN2O5S/c1-24-16-7-5-13(10-15(16)19(20)21)25(22,23)18-8-2-3-11-9-12(17)4-6-14(11)18/h4-7,9-10H,2-3,8H2,1H3. The summed E-state index contributed by atoms with van der Waals surface area (Å²) in [5.41, 5.74) is 0.559. The first-order valence-electron chi connectivity index (χ1n) is 7.48. The van der Waals surface area contributed by atoms with Crippen molar-refractivity contribution >= 4 is 21.4 Å². The molecular weight excluding hydrogens is 351 g/mol. The SMILES string of the molecule is COc1ccc(S(=O)(=O)N2CCCc3cc(F)ccc32)cc1[N+](=O)[O-]. The maximum Gasteiger partial charge on any atom is 0.312 e. The number of nitrogens with zero attached hydrogens (tertiary/aromatic N) is 2. The van der Waals surface area contributed by atoms with E-state index in [9.17, 15) is 22.9 Å². The zero-order valence-electron chi connectivity index (χ0n) is 13.3. The molecule has 132 valence electrons. The van der Waals surface area contributed by atoms with Crippen molar-refractivity contribution in [2.75, 3.05) is 18.0 Å². The number of hydrogen-bond acceptors (Lipinski definition) is 5. The number of benzene rings is 2. The number of nitro groups is 1. The molecule has 2 aromatic carbocycles. The van der Waals surface area contributed by atoms with Gasteiger partial charge in [0.1, 0.15) is 5.82 Å². The average molecular weight is 366 g/mol. The van der Waals surface area contributed by atoms with E-state index in [0.717, 1.165) is 10.4 Å². The van der Waals surface area contributed by atoms with Crippen molar-refractivity contribution in [2.45, 2.75) is 17.7 Å². The lowest BCUT2D eigenvalue weighted by molar-refractivity contribution is -0.386. The molecule has 25 heavy (non-hydrogen) atoms. The summed E-state index contributed by atoms with van der Waals surface area (Å²) < 4.78 is 45.4. The molecule has 1 heterocycles. The van der Waals surface area contributed by atoms with E-state index in [1.807, 2.05) is 0 Å². The molecule has 0 N–H and O–H groups in total. The van der Waals surface area contributed by atoms with Crippen molar-refractivity contribution in [3.63, 3.8) is 0 Å². The molecule has 0 amide bonds. The number of ether oxygens (including phenoxy) is 1. The number of aryl methyl sites for hydroxylation is 1. The number of hydrogen-bond donors (Lipinski definition) is 0. The fourth-order valence-corrected chi connectivity index (χ4v) is 4.44. The molecule has 7 nitrogen and oxygen atoms in total. The molecule has 1 aliphatic rings. The molecule has 0 bridgehead atoms. The van der Waals surface area contributed by atoms with Crippen molar-refractivity contribution in [3.8, 4) is 5.75 Å². The predicted molar refractivity (Wildman–Crippen MR) is 88.9 cm³/mol. The van der Waals surface area contributed by atoms with E-state index in [0.29, 0.717) is 24.1 Å². The molecule has 0 radical (unpaired) electrons. The summed E-state index contributed by atoms with van der Waals surface area (Å²) in [5, 5.41) is 11.1. The Hall–Kier alpha value is -2.68. The van der Waals surface area contributed by atoms with Gasteiger partial charge in [0.05, 0.1) is 22.6 Å². The highest BCUT2D eigenvalue weighted by Gasteiger charge is 2.31. The van der Waals surface area contributed by atoms with Crippen LogP contribution in [0.3, 0.4) is 0 Å². The highest BCUT2D eigenvalue weighted by atomic mass is 32.2. The first-order valence-corrected chi connectivity index (χ1v) is 8.92. The van der Waals surface area contributed by atoms with Crippen LogP contribution < -0.4 is 9.04 Å². The Kier molecular flexibility index (Phi) is 4.34. The summed E-state index contributed by atoms with van der Waals surface area (Å²) in [6, 6.07) is 7.42. The third-order valence-electron chi connectivity index (χ3n) is 4.05. The molecule has 0 saturated carbocycles. The summed E-state index contributed by atoms with van der Waals surface area (Å²) >= 11 is 0. The maximum atomic E-state index is 13.4. The number of nitro benzene ring substituents is 1. The molecule has 1 aliphatic heterocycles. The van der Waals surface area contributed by atoms with Crippen molar-refractivity contribution in [1.82, 2.24) is 0 Å². The van der Waals surface area contributed by atoms with Crippen LogP contribution in [0, 0.1) is 15.9 Å². The fourth-order valence-electron chi connectivity index (χ4n) is 2.88. The number of fused-ring (bicyclic) bond motifs is 1. The fraction of sp³-hybridized carbons (Fsp3) is 0.250. The van der Waals surface area contributed by atoms with Gasteiger partial charge >= 0.3 is 5.69 Å². The summed E-state index contributed by atoms with van der Waals surface area (Å²) in [6.07, 6.45) is 1.11. The summed E-state index contributed by atoms with van der Waals surface area (Å²) in [7, 11) is -2.75. The molecule has 0 atom stereocenters. The van der Waals surface area contributed by atoms with Gasteiger partial charge in [-0.05, 0) is 48.7 Å². The normalized spacial score (nSPS) is 14.1. The molecule has 2 aromatic rings. The Balaban J connectivity index is 2.10. The molecule has 0 aliphatic carbocycles. The van der Waals surface area contributed by atoms with Crippen LogP contribution >= 0.6 is 0 Å². The van der Waals surface area contributed by atoms with Crippen LogP contribution in [0.5, 0.6) is 5.75 Å². The monoisotopic (exact) mass is 366 g/mol. The van der Waals surface area contributed by atoms with Crippen molar-refractivity contribution in [2.24, 2.45) is 0 Å². The lowest BCUT2D eigenvalue weighted by Gasteiger charge is -2.30. The van der Waals surface area contributed by atoms with Gasteiger partial charge in [0.2, 0.25) is 0 Å². The minimum atomic E-state index is -4.02. The summed E-state index contributed by atoms with van der Waals surface area (Å²) in [4.78, 5) is 10.2. The van der Waals surface area contributed by atoms with Crippen LogP contribution in [0.15, 0.2) is 41.3 Å². The zero-order valence-corrected chi connectivity index (χ0v) is 14.1. The van der Waals surface area contributed by atoms with E-state index in [1.54, 1.807) is 0 Å². The third-order valence-corrected chi connectivity index (χ3v) is 5.86. The Morgan fingerprint density at radius 3 is 2.68 bits per heavy atom. The molecular formula is C16H15FN2O5S. The topological polar surface area (TPSA) is 89.8 Å². The van der Waals surface area contributed by atoms with Crippen LogP contribution in [0.4, 0.5) is 15.8 Å². The van der Waals surface area contributed by atoms with Crippen LogP contribution in [0.2, 0.25) is 0 Å². The van der Waals surface area contributed by atoms with Gasteiger partial charge in [0, 0.05) is 12.6 Å². The highest BCUT2D eigenvalue weighted by Crippen LogP contribution is 2.35. The van der Waals surface area contributed by atoms with Gasteiger partial charge in [-0.15, -0.1) is 0 Å². The van der Waals surface area contributed by atoms with E-state index in [-0.39, 0.29) is 17.2 Å². The van der Waals surface area contributed by atoms with E-state index < -0.39 is 26.5 Å². The van der Waals surface area contributed by atoms with Crippen LogP contribution in [-0.2, 0) is 16.4 Å². The molecule has 9 heteroatoms. The molecule has 0 aromatic heterocycles. The first-order chi connectivity index (χ1) is 11.8. The Bertz CT molecular complexity index is 946. The maximum absolute atomic E-state index is 13.4. The third kappa shape index (κ3) is 3.02. The van der Waals surface area contributed by atoms with Gasteiger partial charge in [-0.3, -0.25) is 14.4 Å². The van der Waals surface area contributed by atoms with Crippen molar-refractivity contribution < 1.29 is 22.5 Å². The second-order valence-corrected chi connectivity index (χ2v) is 7.41. The van der Waals surface area contributed by atoms with Gasteiger partial charge in [0.25, 0.3) is 10.0 Å². The second-order valence-electron chi connectivity index (χ2n) is 5.54. The van der Waals surface area contributed by atoms with Gasteiger partial charge in [-0.2, -0.15) is 0 Å². The number of anilines is 1. The first kappa shape index (κ1) is 17.2. The predicted octanol–water partition coefficient (Wildman–Crippen LogP) is 2.88. The molecule has 0 fully saturated rings. The number of halogens is 1. The Labute approximate surface area is 143 Å². The Morgan fingerprint density at radius 2 is 2.00 bits per heavy atom. The van der Waals surface area contributed by atoms with Crippen LogP contribution in [0.1, 0.15) is 12.0 Å². The lowest BCUT2D eigenvalue weighted by atomic mass is 10.0. The minimum absolute atomic E-state index is 0.0231. The van der Waals surface area contributed by atoms with Gasteiger partial charge in [-0.25, -0.2) is 12.8 Å².